The molecule has 0 aromatic carbocycles. The van der Waals surface area contributed by atoms with Gasteiger partial charge in [-0.2, -0.15) is 5.10 Å². The van der Waals surface area contributed by atoms with Gasteiger partial charge in [-0.15, -0.1) is 0 Å². The summed E-state index contributed by atoms with van der Waals surface area (Å²) >= 11 is 5.81. The van der Waals surface area contributed by atoms with Crippen molar-refractivity contribution < 1.29 is 14.3 Å². The Morgan fingerprint density at radius 3 is 2.71 bits per heavy atom. The average molecular weight is 259 g/mol. The summed E-state index contributed by atoms with van der Waals surface area (Å²) in [5.74, 6) is -0.419. The molecule has 0 N–H and O–H groups in total. The first kappa shape index (κ1) is 13.7. The van der Waals surface area contributed by atoms with Crippen molar-refractivity contribution >= 4 is 23.4 Å². The summed E-state index contributed by atoms with van der Waals surface area (Å²) in [4.78, 5) is 22.6. The maximum Gasteiger partial charge on any atom is 0.306 e. The highest BCUT2D eigenvalue weighted by molar-refractivity contribution is 6.31. The molecule has 17 heavy (non-hydrogen) atoms. The number of ether oxygens (including phenoxy) is 1. The van der Waals surface area contributed by atoms with Crippen LogP contribution in [0, 0.1) is 6.92 Å². The van der Waals surface area contributed by atoms with Crippen LogP contribution < -0.4 is 0 Å². The molecule has 0 unspecified atom stereocenters. The number of hydrogen-bond donors (Lipinski definition) is 0. The second-order valence-corrected chi connectivity index (χ2v) is 3.99. The summed E-state index contributed by atoms with van der Waals surface area (Å²) in [7, 11) is 0. The number of carbonyl (C=O) groups excluding carboxylic acids is 2. The Morgan fingerprint density at radius 1 is 1.47 bits per heavy atom. The van der Waals surface area contributed by atoms with E-state index in [-0.39, 0.29) is 31.1 Å². The monoisotopic (exact) mass is 258 g/mol. The molecule has 1 rings (SSSR count). The van der Waals surface area contributed by atoms with Gasteiger partial charge in [-0.1, -0.05) is 11.6 Å². The molecule has 6 heteroatoms. The van der Waals surface area contributed by atoms with Gasteiger partial charge in [-0.05, 0) is 13.8 Å². The molecule has 1 aromatic heterocycles. The van der Waals surface area contributed by atoms with Crippen molar-refractivity contribution in [2.75, 3.05) is 6.61 Å². The predicted octanol–water partition coefficient (Wildman–Crippen LogP) is 1.76. The lowest BCUT2D eigenvalue weighted by atomic mass is 10.2. The molecule has 0 aliphatic rings. The number of hydrogen-bond acceptors (Lipinski definition) is 4. The van der Waals surface area contributed by atoms with Gasteiger partial charge in [0.25, 0.3) is 0 Å². The maximum atomic E-state index is 11.6. The summed E-state index contributed by atoms with van der Waals surface area (Å²) in [6.07, 6.45) is 1.77. The van der Waals surface area contributed by atoms with Crippen molar-refractivity contribution in [3.05, 3.63) is 16.9 Å². The zero-order chi connectivity index (χ0) is 12.8. The third kappa shape index (κ3) is 4.19. The molecule has 0 aliphatic heterocycles. The van der Waals surface area contributed by atoms with Crippen LogP contribution >= 0.6 is 11.6 Å². The Kier molecular flexibility index (Phi) is 5.15. The standard InChI is InChI=1S/C11H15ClN2O3/c1-3-17-11(16)5-4-9(15)7-14-8(2)10(12)6-13-14/h6H,3-5,7H2,1-2H3. The minimum Gasteiger partial charge on any atom is -0.466 e. The van der Waals surface area contributed by atoms with Crippen LogP contribution in [-0.4, -0.2) is 28.1 Å². The summed E-state index contributed by atoms with van der Waals surface area (Å²) in [6.45, 7) is 3.99. The van der Waals surface area contributed by atoms with Crippen LogP contribution in [0.5, 0.6) is 0 Å². The summed E-state index contributed by atoms with van der Waals surface area (Å²) in [5.41, 5.74) is 0.746. The van der Waals surface area contributed by atoms with Crippen molar-refractivity contribution in [1.29, 1.82) is 0 Å². The molecule has 0 saturated carbocycles. The molecule has 0 bridgehead atoms. The number of carbonyl (C=O) groups is 2. The van der Waals surface area contributed by atoms with Crippen LogP contribution in [0.2, 0.25) is 5.02 Å². The Morgan fingerprint density at radius 2 is 2.18 bits per heavy atom. The van der Waals surface area contributed by atoms with E-state index in [4.69, 9.17) is 16.3 Å². The molecule has 0 saturated heterocycles. The van der Waals surface area contributed by atoms with E-state index in [9.17, 15) is 9.59 Å². The Balaban J connectivity index is 2.40. The largest absolute Gasteiger partial charge is 0.466 e. The fourth-order valence-electron chi connectivity index (χ4n) is 1.30. The Hall–Kier alpha value is -1.36. The van der Waals surface area contributed by atoms with Gasteiger partial charge in [0.2, 0.25) is 0 Å². The van der Waals surface area contributed by atoms with Gasteiger partial charge in [0.05, 0.1) is 36.5 Å². The zero-order valence-electron chi connectivity index (χ0n) is 9.90. The number of aromatic nitrogens is 2. The molecule has 0 amide bonds. The van der Waals surface area contributed by atoms with Crippen LogP contribution in [0.3, 0.4) is 0 Å². The highest BCUT2D eigenvalue weighted by atomic mass is 35.5. The zero-order valence-corrected chi connectivity index (χ0v) is 10.7. The van der Waals surface area contributed by atoms with Gasteiger partial charge in [-0.25, -0.2) is 0 Å². The lowest BCUT2D eigenvalue weighted by Gasteiger charge is -2.04. The van der Waals surface area contributed by atoms with Gasteiger partial charge in [0, 0.05) is 6.42 Å². The highest BCUT2D eigenvalue weighted by Gasteiger charge is 2.11. The van der Waals surface area contributed by atoms with Crippen molar-refractivity contribution in [2.45, 2.75) is 33.2 Å². The molecule has 0 spiro atoms. The Bertz CT molecular complexity index is 415. The number of rotatable bonds is 6. The maximum absolute atomic E-state index is 11.6. The third-order valence-corrected chi connectivity index (χ3v) is 2.65. The normalized spacial score (nSPS) is 10.3. The highest BCUT2D eigenvalue weighted by Crippen LogP contribution is 2.13. The van der Waals surface area contributed by atoms with E-state index in [2.05, 4.69) is 5.10 Å². The van der Waals surface area contributed by atoms with Gasteiger partial charge in [0.15, 0.2) is 5.78 Å². The van der Waals surface area contributed by atoms with Crippen LogP contribution in [0.1, 0.15) is 25.5 Å². The van der Waals surface area contributed by atoms with Crippen molar-refractivity contribution in [3.8, 4) is 0 Å². The Labute approximate surface area is 105 Å². The molecule has 5 nitrogen and oxygen atoms in total. The van der Waals surface area contributed by atoms with E-state index in [0.717, 1.165) is 5.69 Å². The lowest BCUT2D eigenvalue weighted by Crippen LogP contribution is -2.14. The second kappa shape index (κ2) is 6.39. The van der Waals surface area contributed by atoms with E-state index in [1.54, 1.807) is 13.8 Å². The quantitative estimate of drug-likeness (QED) is 0.730. The van der Waals surface area contributed by atoms with Crippen LogP contribution in [0.25, 0.3) is 0 Å². The number of nitrogens with zero attached hydrogens (tertiary/aromatic N) is 2. The summed E-state index contributed by atoms with van der Waals surface area (Å²) < 4.78 is 6.26. The fourth-order valence-corrected chi connectivity index (χ4v) is 1.45. The summed E-state index contributed by atoms with van der Waals surface area (Å²) in [6, 6.07) is 0. The molecule has 0 aliphatic carbocycles. The molecule has 0 atom stereocenters. The molecular weight excluding hydrogens is 244 g/mol. The molecule has 1 aromatic rings. The molecular formula is C11H15ClN2O3. The first-order chi connectivity index (χ1) is 8.04. The van der Waals surface area contributed by atoms with E-state index in [0.29, 0.717) is 11.6 Å². The van der Waals surface area contributed by atoms with Gasteiger partial charge >= 0.3 is 5.97 Å². The fraction of sp³-hybridized carbons (Fsp3) is 0.545. The number of Topliss-reactive ketones (excluding diaryl/α,β-unsaturated/α-hetero) is 1. The summed E-state index contributed by atoms with van der Waals surface area (Å²) in [5, 5.41) is 4.50. The van der Waals surface area contributed by atoms with Crippen LogP contribution in [-0.2, 0) is 20.9 Å². The molecule has 1 heterocycles. The van der Waals surface area contributed by atoms with Gasteiger partial charge < -0.3 is 4.74 Å². The van der Waals surface area contributed by atoms with E-state index < -0.39 is 0 Å². The van der Waals surface area contributed by atoms with E-state index in [1.807, 2.05) is 0 Å². The first-order valence-electron chi connectivity index (χ1n) is 5.39. The topological polar surface area (TPSA) is 61.2 Å². The second-order valence-electron chi connectivity index (χ2n) is 3.58. The smallest absolute Gasteiger partial charge is 0.306 e. The minimum absolute atomic E-state index is 0.0686. The predicted molar refractivity (Wildman–Crippen MR) is 62.8 cm³/mol. The lowest BCUT2D eigenvalue weighted by molar-refractivity contribution is -0.144. The number of esters is 1. The van der Waals surface area contributed by atoms with Crippen molar-refractivity contribution in [1.82, 2.24) is 9.78 Å². The molecule has 0 fully saturated rings. The molecule has 0 radical (unpaired) electrons. The van der Waals surface area contributed by atoms with Crippen LogP contribution in [0.15, 0.2) is 6.20 Å². The van der Waals surface area contributed by atoms with Gasteiger partial charge in [0.1, 0.15) is 0 Å². The van der Waals surface area contributed by atoms with Gasteiger partial charge in [-0.3, -0.25) is 14.3 Å². The minimum atomic E-state index is -0.351. The first-order valence-corrected chi connectivity index (χ1v) is 5.77. The molecule has 94 valence electrons. The number of ketones is 1. The van der Waals surface area contributed by atoms with Crippen molar-refractivity contribution in [3.63, 3.8) is 0 Å². The number of halogens is 1. The van der Waals surface area contributed by atoms with E-state index >= 15 is 0 Å². The SMILES string of the molecule is CCOC(=O)CCC(=O)Cn1ncc(Cl)c1C. The van der Waals surface area contributed by atoms with E-state index in [1.165, 1.54) is 10.9 Å². The third-order valence-electron chi connectivity index (χ3n) is 2.28. The van der Waals surface area contributed by atoms with Crippen molar-refractivity contribution in [2.24, 2.45) is 0 Å². The average Bonchev–Trinajstić information content (AvgIpc) is 2.59. The van der Waals surface area contributed by atoms with Crippen LogP contribution in [0.4, 0.5) is 0 Å².